The van der Waals surface area contributed by atoms with Gasteiger partial charge in [-0.05, 0) is 19.4 Å². The van der Waals surface area contributed by atoms with Crippen molar-refractivity contribution in [2.24, 2.45) is 0 Å². The van der Waals surface area contributed by atoms with E-state index < -0.39 is 4.92 Å². The molecule has 0 radical (unpaired) electrons. The number of aryl methyl sites for hydroxylation is 1. The van der Waals surface area contributed by atoms with Crippen LogP contribution in [0, 0.1) is 10.1 Å². The van der Waals surface area contributed by atoms with Gasteiger partial charge in [-0.3, -0.25) is 20.0 Å². The molecule has 0 aliphatic carbocycles. The van der Waals surface area contributed by atoms with E-state index in [2.05, 4.69) is 15.5 Å². The summed E-state index contributed by atoms with van der Waals surface area (Å²) >= 11 is 0. The Morgan fingerprint density at radius 2 is 2.25 bits per heavy atom. The summed E-state index contributed by atoms with van der Waals surface area (Å²) in [5.41, 5.74) is 0.184. The van der Waals surface area contributed by atoms with E-state index in [9.17, 15) is 14.9 Å². The molecule has 8 heteroatoms. The van der Waals surface area contributed by atoms with E-state index in [0.717, 1.165) is 19.4 Å². The van der Waals surface area contributed by atoms with Gasteiger partial charge in [0.1, 0.15) is 5.69 Å². The average Bonchev–Trinajstić information content (AvgIpc) is 2.66. The molecule has 8 nitrogen and oxygen atoms in total. The molecule has 0 spiro atoms. The molecule has 1 aromatic heterocycles. The van der Waals surface area contributed by atoms with Gasteiger partial charge in [-0.15, -0.1) is 0 Å². The molecule has 0 atom stereocenters. The zero-order valence-electron chi connectivity index (χ0n) is 11.5. The van der Waals surface area contributed by atoms with E-state index >= 15 is 0 Å². The van der Waals surface area contributed by atoms with Crippen molar-refractivity contribution in [1.29, 1.82) is 0 Å². The molecule has 20 heavy (non-hydrogen) atoms. The standard InChI is InChI=1S/C12H19N5O3/c1-2-4-9-11(17(19)20)10(15-14-9)12(18)16-7-3-5-13-6-8-16/h13H,2-8H2,1H3,(H,14,15). The van der Waals surface area contributed by atoms with Crippen molar-refractivity contribution in [2.75, 3.05) is 26.2 Å². The van der Waals surface area contributed by atoms with Gasteiger partial charge in [0.05, 0.1) is 4.92 Å². The first-order valence-electron chi connectivity index (χ1n) is 6.86. The van der Waals surface area contributed by atoms with Gasteiger partial charge < -0.3 is 10.2 Å². The van der Waals surface area contributed by atoms with Crippen LogP contribution in [0.2, 0.25) is 0 Å². The maximum Gasteiger partial charge on any atom is 0.322 e. The molecule has 0 bridgehead atoms. The summed E-state index contributed by atoms with van der Waals surface area (Å²) in [6, 6.07) is 0. The van der Waals surface area contributed by atoms with Crippen LogP contribution in [0.15, 0.2) is 0 Å². The van der Waals surface area contributed by atoms with Crippen LogP contribution in [0.4, 0.5) is 5.69 Å². The minimum Gasteiger partial charge on any atom is -0.336 e. The zero-order valence-corrected chi connectivity index (χ0v) is 11.5. The summed E-state index contributed by atoms with van der Waals surface area (Å²) in [4.78, 5) is 24.7. The molecular weight excluding hydrogens is 262 g/mol. The molecule has 110 valence electrons. The van der Waals surface area contributed by atoms with Crippen molar-refractivity contribution < 1.29 is 9.72 Å². The van der Waals surface area contributed by atoms with Crippen molar-refractivity contribution in [1.82, 2.24) is 20.4 Å². The fourth-order valence-electron chi connectivity index (χ4n) is 2.34. The second-order valence-electron chi connectivity index (χ2n) is 4.80. The Labute approximate surface area is 116 Å². The van der Waals surface area contributed by atoms with Gasteiger partial charge in [-0.1, -0.05) is 13.3 Å². The smallest absolute Gasteiger partial charge is 0.322 e. The fourth-order valence-corrected chi connectivity index (χ4v) is 2.34. The van der Waals surface area contributed by atoms with E-state index in [-0.39, 0.29) is 17.3 Å². The Morgan fingerprint density at radius 1 is 1.45 bits per heavy atom. The second-order valence-corrected chi connectivity index (χ2v) is 4.80. The van der Waals surface area contributed by atoms with E-state index in [1.807, 2.05) is 6.92 Å². The third-order valence-corrected chi connectivity index (χ3v) is 3.33. The molecule has 0 unspecified atom stereocenters. The predicted molar refractivity (Wildman–Crippen MR) is 72.6 cm³/mol. The average molecular weight is 281 g/mol. The number of nitrogens with one attached hydrogen (secondary N) is 2. The molecule has 1 aromatic rings. The van der Waals surface area contributed by atoms with Gasteiger partial charge in [0, 0.05) is 19.6 Å². The Hall–Kier alpha value is -1.96. The van der Waals surface area contributed by atoms with Crippen LogP contribution in [0.5, 0.6) is 0 Å². The quantitative estimate of drug-likeness (QED) is 0.624. The number of carbonyl (C=O) groups is 1. The van der Waals surface area contributed by atoms with Crippen molar-refractivity contribution >= 4 is 11.6 Å². The lowest BCUT2D eigenvalue weighted by Gasteiger charge is -2.18. The van der Waals surface area contributed by atoms with E-state index in [4.69, 9.17) is 0 Å². The van der Waals surface area contributed by atoms with Gasteiger partial charge >= 0.3 is 5.69 Å². The number of rotatable bonds is 4. The Morgan fingerprint density at radius 3 is 2.95 bits per heavy atom. The summed E-state index contributed by atoms with van der Waals surface area (Å²) in [5.74, 6) is -0.362. The highest BCUT2D eigenvalue weighted by Gasteiger charge is 2.31. The van der Waals surface area contributed by atoms with E-state index in [0.29, 0.717) is 31.7 Å². The Kier molecular flexibility index (Phi) is 4.67. The maximum absolute atomic E-state index is 12.4. The summed E-state index contributed by atoms with van der Waals surface area (Å²) in [5, 5.41) is 20.9. The third-order valence-electron chi connectivity index (χ3n) is 3.33. The summed E-state index contributed by atoms with van der Waals surface area (Å²) in [6.45, 7) is 4.62. The number of H-pyrrole nitrogens is 1. The molecule has 1 aliphatic rings. The van der Waals surface area contributed by atoms with Crippen LogP contribution in [0.25, 0.3) is 0 Å². The zero-order chi connectivity index (χ0) is 14.5. The number of aromatic amines is 1. The highest BCUT2D eigenvalue weighted by Crippen LogP contribution is 2.23. The number of amides is 1. The third kappa shape index (κ3) is 2.96. The van der Waals surface area contributed by atoms with Gasteiger partial charge in [-0.25, -0.2) is 0 Å². The molecule has 0 aromatic carbocycles. The number of aromatic nitrogens is 2. The van der Waals surface area contributed by atoms with E-state index in [1.165, 1.54) is 0 Å². The SMILES string of the molecule is CCCc1[nH]nc(C(=O)N2CCCNCC2)c1[N+](=O)[O-]. The normalized spacial score (nSPS) is 15.9. The first-order chi connectivity index (χ1) is 9.65. The number of nitrogens with zero attached hydrogens (tertiary/aromatic N) is 3. The van der Waals surface area contributed by atoms with Crippen LogP contribution in [0.1, 0.15) is 35.9 Å². The Balaban J connectivity index is 2.26. The molecule has 2 N–H and O–H groups in total. The lowest BCUT2D eigenvalue weighted by Crippen LogP contribution is -2.34. The first kappa shape index (κ1) is 14.4. The van der Waals surface area contributed by atoms with E-state index in [1.54, 1.807) is 4.90 Å². The highest BCUT2D eigenvalue weighted by molar-refractivity contribution is 5.96. The van der Waals surface area contributed by atoms with Crippen LogP contribution in [-0.2, 0) is 6.42 Å². The monoisotopic (exact) mass is 281 g/mol. The van der Waals surface area contributed by atoms with Crippen LogP contribution < -0.4 is 5.32 Å². The molecule has 1 aliphatic heterocycles. The Bertz CT molecular complexity index is 491. The van der Waals surface area contributed by atoms with Gasteiger partial charge in [0.2, 0.25) is 5.69 Å². The fraction of sp³-hybridized carbons (Fsp3) is 0.667. The number of nitro groups is 1. The molecular formula is C12H19N5O3. The molecule has 2 heterocycles. The van der Waals surface area contributed by atoms with Crippen LogP contribution in [0.3, 0.4) is 0 Å². The predicted octanol–water partition coefficient (Wildman–Crippen LogP) is 0.706. The molecule has 0 saturated carbocycles. The first-order valence-corrected chi connectivity index (χ1v) is 6.86. The van der Waals surface area contributed by atoms with Crippen molar-refractivity contribution in [3.05, 3.63) is 21.5 Å². The van der Waals surface area contributed by atoms with Gasteiger partial charge in [0.25, 0.3) is 5.91 Å². The minimum atomic E-state index is -0.516. The summed E-state index contributed by atoms with van der Waals surface area (Å²) < 4.78 is 0. The molecule has 1 saturated heterocycles. The molecule has 1 amide bonds. The van der Waals surface area contributed by atoms with Crippen LogP contribution >= 0.6 is 0 Å². The minimum absolute atomic E-state index is 0.0691. The lowest BCUT2D eigenvalue weighted by molar-refractivity contribution is -0.385. The summed E-state index contributed by atoms with van der Waals surface area (Å²) in [6.07, 6.45) is 2.11. The molecule has 1 fully saturated rings. The molecule has 2 rings (SSSR count). The highest BCUT2D eigenvalue weighted by atomic mass is 16.6. The summed E-state index contributed by atoms with van der Waals surface area (Å²) in [7, 11) is 0. The van der Waals surface area contributed by atoms with Crippen molar-refractivity contribution in [3.63, 3.8) is 0 Å². The van der Waals surface area contributed by atoms with Gasteiger partial charge in [0.15, 0.2) is 0 Å². The number of hydrogen-bond donors (Lipinski definition) is 2. The number of hydrogen-bond acceptors (Lipinski definition) is 5. The van der Waals surface area contributed by atoms with Crippen molar-refractivity contribution in [3.8, 4) is 0 Å². The topological polar surface area (TPSA) is 104 Å². The second kappa shape index (κ2) is 6.47. The van der Waals surface area contributed by atoms with Crippen LogP contribution in [-0.4, -0.2) is 52.1 Å². The number of carbonyl (C=O) groups excluding carboxylic acids is 1. The van der Waals surface area contributed by atoms with Crippen molar-refractivity contribution in [2.45, 2.75) is 26.2 Å². The maximum atomic E-state index is 12.4. The largest absolute Gasteiger partial charge is 0.336 e. The van der Waals surface area contributed by atoms with Gasteiger partial charge in [-0.2, -0.15) is 5.10 Å². The lowest BCUT2D eigenvalue weighted by atomic mass is 10.2.